The van der Waals surface area contributed by atoms with Gasteiger partial charge in [0.05, 0.1) is 11.0 Å². The van der Waals surface area contributed by atoms with Gasteiger partial charge in [0.1, 0.15) is 11.3 Å². The second kappa shape index (κ2) is 8.59. The Hall–Kier alpha value is -2.26. The quantitative estimate of drug-likeness (QED) is 0.471. The van der Waals surface area contributed by atoms with E-state index in [1.54, 1.807) is 0 Å². The fourth-order valence-corrected chi connectivity index (χ4v) is 4.61. The van der Waals surface area contributed by atoms with Crippen LogP contribution < -0.4 is 15.5 Å². The summed E-state index contributed by atoms with van der Waals surface area (Å²) in [4.78, 5) is 16.5. The van der Waals surface area contributed by atoms with Crippen molar-refractivity contribution in [1.29, 1.82) is 0 Å². The van der Waals surface area contributed by atoms with Gasteiger partial charge in [0.25, 0.3) is 0 Å². The molecule has 0 radical (unpaired) electrons. The topological polar surface area (TPSA) is 97.0 Å². The summed E-state index contributed by atoms with van der Waals surface area (Å²) in [6, 6.07) is 2.59. The highest BCUT2D eigenvalue weighted by molar-refractivity contribution is 7.89. The summed E-state index contributed by atoms with van der Waals surface area (Å²) in [6.07, 6.45) is -10.3. The Balaban J connectivity index is 1.48. The van der Waals surface area contributed by atoms with Crippen molar-refractivity contribution in [2.75, 3.05) is 13.1 Å². The number of piperidine rings is 1. The van der Waals surface area contributed by atoms with Crippen LogP contribution in [0.5, 0.6) is 5.75 Å². The molecule has 2 aliphatic rings. The van der Waals surface area contributed by atoms with Gasteiger partial charge in [0.2, 0.25) is 10.0 Å². The number of halogens is 6. The Morgan fingerprint density at radius 2 is 1.59 bits per heavy atom. The van der Waals surface area contributed by atoms with E-state index in [0.717, 1.165) is 28.6 Å². The van der Waals surface area contributed by atoms with Crippen LogP contribution in [0.1, 0.15) is 25.7 Å². The molecule has 8 nitrogen and oxygen atoms in total. The lowest BCUT2D eigenvalue weighted by molar-refractivity contribution is -0.274. The number of urea groups is 1. The van der Waals surface area contributed by atoms with Gasteiger partial charge in [0.15, 0.2) is 0 Å². The smallest absolute Gasteiger partial charge is 0.406 e. The first kappa shape index (κ1) is 24.4. The molecule has 32 heavy (non-hydrogen) atoms. The van der Waals surface area contributed by atoms with Gasteiger partial charge in [-0.3, -0.25) is 4.84 Å². The summed E-state index contributed by atoms with van der Waals surface area (Å²) in [6.45, 7) is -0.0484. The number of carbonyl (C=O) groups is 1. The first-order chi connectivity index (χ1) is 14.7. The molecule has 1 heterocycles. The number of hydroxylamine groups is 1. The van der Waals surface area contributed by atoms with Crippen LogP contribution in [0.25, 0.3) is 0 Å². The Morgan fingerprint density at radius 3 is 2.06 bits per heavy atom. The number of rotatable bonds is 6. The third-order valence-corrected chi connectivity index (χ3v) is 6.97. The van der Waals surface area contributed by atoms with Crippen LogP contribution in [0.3, 0.4) is 0 Å². The van der Waals surface area contributed by atoms with E-state index in [9.17, 15) is 39.6 Å². The summed E-state index contributed by atoms with van der Waals surface area (Å²) in [7, 11) is -3.99. The van der Waals surface area contributed by atoms with Crippen LogP contribution in [-0.2, 0) is 14.9 Å². The number of alkyl halides is 6. The minimum absolute atomic E-state index is 0.0242. The molecule has 15 heteroatoms. The second-order valence-corrected chi connectivity index (χ2v) is 9.31. The Morgan fingerprint density at radius 1 is 1.03 bits per heavy atom. The standard InChI is InChI=1S/C17H19F6N3O5S/c18-16(19,20)15(7-8-15)24-14(27)25-31-12-5-9-26(10-6-12)32(28,29)13-3-1-11(2-4-13)30-17(21,22)23/h1-4,12H,5-10H2,(H2,24,25,27). The minimum atomic E-state index is -4.90. The predicted octanol–water partition coefficient (Wildman–Crippen LogP) is 3.06. The molecule has 2 N–H and O–H groups in total. The van der Waals surface area contributed by atoms with Gasteiger partial charge >= 0.3 is 18.6 Å². The Labute approximate surface area is 178 Å². The monoisotopic (exact) mass is 491 g/mol. The number of hydrogen-bond donors (Lipinski definition) is 2. The molecular formula is C17H19F6N3O5S. The largest absolute Gasteiger partial charge is 0.573 e. The van der Waals surface area contributed by atoms with Crippen molar-refractivity contribution in [3.63, 3.8) is 0 Å². The maximum atomic E-state index is 12.8. The summed E-state index contributed by atoms with van der Waals surface area (Å²) < 4.78 is 105. The Kier molecular flexibility index (Phi) is 6.55. The molecule has 0 bridgehead atoms. The molecule has 1 saturated carbocycles. The molecule has 180 valence electrons. The molecule has 1 aromatic rings. The van der Waals surface area contributed by atoms with Gasteiger partial charge in [-0.1, -0.05) is 0 Å². The summed E-state index contributed by atoms with van der Waals surface area (Å²) in [5.74, 6) is -0.564. The predicted molar refractivity (Wildman–Crippen MR) is 95.7 cm³/mol. The van der Waals surface area contributed by atoms with Crippen molar-refractivity contribution in [1.82, 2.24) is 15.1 Å². The van der Waals surface area contributed by atoms with Crippen molar-refractivity contribution < 1.29 is 49.1 Å². The number of sulfonamides is 1. The minimum Gasteiger partial charge on any atom is -0.406 e. The number of hydrogen-bond acceptors (Lipinski definition) is 5. The maximum Gasteiger partial charge on any atom is 0.573 e. The molecule has 1 saturated heterocycles. The van der Waals surface area contributed by atoms with Crippen LogP contribution in [-0.4, -0.2) is 56.0 Å². The SMILES string of the molecule is O=C(NOC1CCN(S(=O)(=O)c2ccc(OC(F)(F)F)cc2)CC1)NC1(C(F)(F)F)CC1. The van der Waals surface area contributed by atoms with Gasteiger partial charge in [-0.25, -0.2) is 18.7 Å². The third kappa shape index (κ3) is 5.75. The fourth-order valence-electron chi connectivity index (χ4n) is 3.14. The summed E-state index contributed by atoms with van der Waals surface area (Å²) >= 11 is 0. The summed E-state index contributed by atoms with van der Waals surface area (Å²) in [5.41, 5.74) is -0.331. The van der Waals surface area contributed by atoms with E-state index in [0.29, 0.717) is 0 Å². The van der Waals surface area contributed by atoms with Crippen LogP contribution >= 0.6 is 0 Å². The molecule has 0 aromatic heterocycles. The van der Waals surface area contributed by atoms with Gasteiger partial charge in [-0.15, -0.1) is 13.2 Å². The van der Waals surface area contributed by atoms with Gasteiger partial charge in [0, 0.05) is 13.1 Å². The normalized spacial score (nSPS) is 19.9. The van der Waals surface area contributed by atoms with Crippen molar-refractivity contribution >= 4 is 16.1 Å². The number of ether oxygens (including phenoxy) is 1. The average Bonchev–Trinajstić information content (AvgIpc) is 3.47. The van der Waals surface area contributed by atoms with E-state index < -0.39 is 46.0 Å². The van der Waals surface area contributed by atoms with Crippen LogP contribution in [0.2, 0.25) is 0 Å². The number of nitrogens with zero attached hydrogens (tertiary/aromatic N) is 1. The van der Waals surface area contributed by atoms with Crippen molar-refractivity contribution in [2.45, 2.75) is 54.8 Å². The van der Waals surface area contributed by atoms with Gasteiger partial charge < -0.3 is 10.1 Å². The van der Waals surface area contributed by atoms with E-state index in [1.165, 1.54) is 0 Å². The molecular weight excluding hydrogens is 472 g/mol. The number of benzene rings is 1. The molecule has 1 aliphatic heterocycles. The average molecular weight is 491 g/mol. The maximum absolute atomic E-state index is 12.8. The van der Waals surface area contributed by atoms with E-state index in [4.69, 9.17) is 4.84 Å². The lowest BCUT2D eigenvalue weighted by Gasteiger charge is -2.31. The molecule has 1 aromatic carbocycles. The lowest BCUT2D eigenvalue weighted by atomic mass is 10.1. The molecule has 1 aliphatic carbocycles. The highest BCUT2D eigenvalue weighted by Crippen LogP contribution is 2.48. The van der Waals surface area contributed by atoms with Crippen LogP contribution in [0, 0.1) is 0 Å². The Bertz CT molecular complexity index is 923. The first-order valence-electron chi connectivity index (χ1n) is 9.38. The zero-order chi connectivity index (χ0) is 23.8. The zero-order valence-electron chi connectivity index (χ0n) is 16.3. The highest BCUT2D eigenvalue weighted by atomic mass is 32.2. The lowest BCUT2D eigenvalue weighted by Crippen LogP contribution is -2.52. The van der Waals surface area contributed by atoms with E-state index in [1.807, 2.05) is 10.8 Å². The zero-order valence-corrected chi connectivity index (χ0v) is 17.1. The van der Waals surface area contributed by atoms with Gasteiger partial charge in [-0.2, -0.15) is 17.5 Å². The third-order valence-electron chi connectivity index (χ3n) is 5.06. The molecule has 0 spiro atoms. The number of nitrogens with one attached hydrogen (secondary N) is 2. The van der Waals surface area contributed by atoms with E-state index in [2.05, 4.69) is 4.74 Å². The molecule has 2 amide bonds. The number of carbonyl (C=O) groups excluding carboxylic acids is 1. The van der Waals surface area contributed by atoms with E-state index >= 15 is 0 Å². The van der Waals surface area contributed by atoms with E-state index in [-0.39, 0.29) is 43.7 Å². The van der Waals surface area contributed by atoms with Crippen LogP contribution in [0.4, 0.5) is 31.1 Å². The molecule has 0 atom stereocenters. The highest BCUT2D eigenvalue weighted by Gasteiger charge is 2.64. The van der Waals surface area contributed by atoms with Crippen molar-refractivity contribution in [3.05, 3.63) is 24.3 Å². The van der Waals surface area contributed by atoms with Crippen molar-refractivity contribution in [2.24, 2.45) is 0 Å². The molecule has 2 fully saturated rings. The molecule has 0 unspecified atom stereocenters. The summed E-state index contributed by atoms with van der Waals surface area (Å²) in [5, 5.41) is 1.83. The van der Waals surface area contributed by atoms with Gasteiger partial charge in [-0.05, 0) is 49.9 Å². The molecule has 3 rings (SSSR count). The van der Waals surface area contributed by atoms with Crippen molar-refractivity contribution in [3.8, 4) is 5.75 Å². The second-order valence-electron chi connectivity index (χ2n) is 7.38. The number of amides is 2. The van der Waals surface area contributed by atoms with Crippen LogP contribution in [0.15, 0.2) is 29.2 Å². The fraction of sp³-hybridized carbons (Fsp3) is 0.588. The first-order valence-corrected chi connectivity index (χ1v) is 10.8.